The van der Waals surface area contributed by atoms with Crippen LogP contribution in [0.4, 0.5) is 0 Å². The summed E-state index contributed by atoms with van der Waals surface area (Å²) in [5, 5.41) is 3.48. The van der Waals surface area contributed by atoms with Crippen LogP contribution in [0.1, 0.15) is 27.7 Å². The smallest absolute Gasteiger partial charge is 0.232 e. The fourth-order valence-corrected chi connectivity index (χ4v) is 3.95. The Bertz CT molecular complexity index is 450. The van der Waals surface area contributed by atoms with Gasteiger partial charge in [0.25, 0.3) is 0 Å². The molecule has 5 atom stereocenters. The van der Waals surface area contributed by atoms with Crippen LogP contribution in [0.3, 0.4) is 0 Å². The molecule has 5 heteroatoms. The van der Waals surface area contributed by atoms with Crippen molar-refractivity contribution in [1.82, 2.24) is 10.2 Å². The van der Waals surface area contributed by atoms with Crippen molar-refractivity contribution in [3.63, 3.8) is 0 Å². The van der Waals surface area contributed by atoms with Gasteiger partial charge in [-0.25, -0.2) is 0 Å². The summed E-state index contributed by atoms with van der Waals surface area (Å²) in [6, 6.07) is 0.0446. The molecule has 0 aromatic carbocycles. The average molecular weight is 280 g/mol. The topological polar surface area (TPSA) is 50.8 Å². The molecule has 0 aromatic rings. The van der Waals surface area contributed by atoms with Crippen LogP contribution >= 0.6 is 0 Å². The molecule has 5 nitrogen and oxygen atoms in total. The molecule has 0 aromatic heterocycles. The molecule has 0 spiro atoms. The van der Waals surface area contributed by atoms with E-state index < -0.39 is 5.60 Å². The highest BCUT2D eigenvalue weighted by Crippen LogP contribution is 2.45. The maximum atomic E-state index is 12.7. The number of nitrogens with zero attached hydrogens (tertiary/aromatic N) is 1. The number of hydrogen-bond acceptors (Lipinski definition) is 4. The number of carbonyl (C=O) groups is 1. The SMILES string of the molecule is CCOC1C2O[C@@]3(C)C=C(C)CNC3[C@H]2C(=O)N1CC. The van der Waals surface area contributed by atoms with Gasteiger partial charge in [0.15, 0.2) is 6.23 Å². The lowest BCUT2D eigenvalue weighted by Gasteiger charge is -2.36. The zero-order chi connectivity index (χ0) is 14.5. The van der Waals surface area contributed by atoms with Gasteiger partial charge in [0.2, 0.25) is 5.91 Å². The van der Waals surface area contributed by atoms with Gasteiger partial charge in [-0.1, -0.05) is 11.6 Å². The van der Waals surface area contributed by atoms with Crippen molar-refractivity contribution in [2.45, 2.75) is 51.7 Å². The number of amides is 1. The molecular weight excluding hydrogens is 256 g/mol. The Kier molecular flexibility index (Phi) is 3.39. The summed E-state index contributed by atoms with van der Waals surface area (Å²) in [5.74, 6) is 0.0194. The molecule has 3 aliphatic heterocycles. The molecule has 2 saturated heterocycles. The molecule has 0 bridgehead atoms. The Balaban J connectivity index is 1.94. The lowest BCUT2D eigenvalue weighted by Crippen LogP contribution is -2.54. The van der Waals surface area contributed by atoms with Crippen LogP contribution in [0.15, 0.2) is 11.6 Å². The zero-order valence-electron chi connectivity index (χ0n) is 12.7. The first kappa shape index (κ1) is 14.0. The van der Waals surface area contributed by atoms with Crippen molar-refractivity contribution in [1.29, 1.82) is 0 Å². The van der Waals surface area contributed by atoms with E-state index in [0.29, 0.717) is 13.2 Å². The summed E-state index contributed by atoms with van der Waals surface area (Å²) in [7, 11) is 0. The van der Waals surface area contributed by atoms with Gasteiger partial charge < -0.3 is 19.7 Å². The first-order valence-corrected chi connectivity index (χ1v) is 7.53. The van der Waals surface area contributed by atoms with Gasteiger partial charge in [-0.05, 0) is 27.7 Å². The van der Waals surface area contributed by atoms with Gasteiger partial charge >= 0.3 is 0 Å². The minimum absolute atomic E-state index is 0.0446. The first-order valence-electron chi connectivity index (χ1n) is 7.53. The highest BCUT2D eigenvalue weighted by molar-refractivity contribution is 5.84. The van der Waals surface area contributed by atoms with Crippen molar-refractivity contribution in [2.24, 2.45) is 5.92 Å². The fourth-order valence-electron chi connectivity index (χ4n) is 3.95. The van der Waals surface area contributed by atoms with Crippen LogP contribution in [-0.2, 0) is 14.3 Å². The number of hydrogen-bond donors (Lipinski definition) is 1. The Labute approximate surface area is 120 Å². The van der Waals surface area contributed by atoms with Crippen molar-refractivity contribution < 1.29 is 14.3 Å². The van der Waals surface area contributed by atoms with Crippen molar-refractivity contribution in [3.05, 3.63) is 11.6 Å². The third-order valence-electron chi connectivity index (χ3n) is 4.69. The predicted octanol–water partition coefficient (Wildman–Crippen LogP) is 0.903. The van der Waals surface area contributed by atoms with E-state index in [0.717, 1.165) is 6.54 Å². The summed E-state index contributed by atoms with van der Waals surface area (Å²) >= 11 is 0. The predicted molar refractivity (Wildman–Crippen MR) is 75.1 cm³/mol. The molecular formula is C15H24N2O3. The first-order chi connectivity index (χ1) is 9.51. The number of ether oxygens (including phenoxy) is 2. The summed E-state index contributed by atoms with van der Waals surface area (Å²) in [6.45, 7) is 10.2. The number of rotatable bonds is 3. The van der Waals surface area contributed by atoms with Gasteiger partial charge in [-0.15, -0.1) is 0 Å². The third-order valence-corrected chi connectivity index (χ3v) is 4.69. The molecule has 0 saturated carbocycles. The molecule has 2 fully saturated rings. The maximum absolute atomic E-state index is 12.7. The Morgan fingerprint density at radius 2 is 2.30 bits per heavy atom. The van der Waals surface area contributed by atoms with E-state index in [2.05, 4.69) is 25.2 Å². The number of nitrogens with one attached hydrogen (secondary N) is 1. The Hall–Kier alpha value is -0.910. The second-order valence-corrected chi connectivity index (χ2v) is 6.11. The molecule has 3 aliphatic rings. The van der Waals surface area contributed by atoms with Crippen LogP contribution < -0.4 is 5.32 Å². The van der Waals surface area contributed by atoms with Crippen LogP contribution in [0.2, 0.25) is 0 Å². The number of likely N-dealkylation sites (N-methyl/N-ethyl adjacent to an activating group) is 1. The van der Waals surface area contributed by atoms with Crippen molar-refractivity contribution >= 4 is 5.91 Å². The fraction of sp³-hybridized carbons (Fsp3) is 0.800. The molecule has 3 unspecified atom stereocenters. The highest BCUT2D eigenvalue weighted by Gasteiger charge is 2.63. The van der Waals surface area contributed by atoms with Gasteiger partial charge in [-0.3, -0.25) is 4.79 Å². The van der Waals surface area contributed by atoms with E-state index in [1.165, 1.54) is 5.57 Å². The summed E-state index contributed by atoms with van der Waals surface area (Å²) in [6.07, 6.45) is 1.74. The molecule has 112 valence electrons. The molecule has 1 amide bonds. The quantitative estimate of drug-likeness (QED) is 0.781. The van der Waals surface area contributed by atoms with Crippen LogP contribution in [0.5, 0.6) is 0 Å². The third kappa shape index (κ3) is 1.84. The van der Waals surface area contributed by atoms with E-state index in [4.69, 9.17) is 9.47 Å². The van der Waals surface area contributed by atoms with E-state index in [1.54, 1.807) is 0 Å². The van der Waals surface area contributed by atoms with E-state index in [-0.39, 0.29) is 30.2 Å². The Morgan fingerprint density at radius 1 is 1.55 bits per heavy atom. The maximum Gasteiger partial charge on any atom is 0.232 e. The number of likely N-dealkylation sites (tertiary alicyclic amines) is 1. The largest absolute Gasteiger partial charge is 0.361 e. The molecule has 0 radical (unpaired) electrons. The summed E-state index contributed by atoms with van der Waals surface area (Å²) in [5.41, 5.74) is 0.860. The zero-order valence-corrected chi connectivity index (χ0v) is 12.7. The van der Waals surface area contributed by atoms with E-state index >= 15 is 0 Å². The monoisotopic (exact) mass is 280 g/mol. The van der Waals surface area contributed by atoms with Gasteiger partial charge in [-0.2, -0.15) is 0 Å². The molecule has 1 N–H and O–H groups in total. The Morgan fingerprint density at radius 3 is 2.95 bits per heavy atom. The van der Waals surface area contributed by atoms with Crippen LogP contribution in [0, 0.1) is 5.92 Å². The van der Waals surface area contributed by atoms with Gasteiger partial charge in [0, 0.05) is 19.7 Å². The molecule has 3 rings (SSSR count). The van der Waals surface area contributed by atoms with E-state index in [1.807, 2.05) is 18.7 Å². The van der Waals surface area contributed by atoms with Crippen LogP contribution in [0.25, 0.3) is 0 Å². The molecule has 0 aliphatic carbocycles. The summed E-state index contributed by atoms with van der Waals surface area (Å²) < 4.78 is 12.1. The molecule has 3 heterocycles. The second kappa shape index (κ2) is 4.83. The standard InChI is InChI=1S/C15H24N2O3/c1-5-17-13(18)10-11(14(17)19-6-2)20-15(4)7-9(3)8-16-12(10)15/h7,10-12,14,16H,5-6,8H2,1-4H3/t10-,11?,12?,14?,15-/m0/s1. The normalized spacial score (nSPS) is 43.5. The molecule has 20 heavy (non-hydrogen) atoms. The minimum Gasteiger partial charge on any atom is -0.361 e. The lowest BCUT2D eigenvalue weighted by atomic mass is 9.84. The van der Waals surface area contributed by atoms with Crippen molar-refractivity contribution in [3.8, 4) is 0 Å². The van der Waals surface area contributed by atoms with Crippen LogP contribution in [-0.4, -0.2) is 54.5 Å². The number of carbonyl (C=O) groups excluding carboxylic acids is 1. The lowest BCUT2D eigenvalue weighted by molar-refractivity contribution is -0.149. The summed E-state index contributed by atoms with van der Waals surface area (Å²) in [4.78, 5) is 14.5. The minimum atomic E-state index is -0.400. The highest BCUT2D eigenvalue weighted by atomic mass is 16.6. The van der Waals surface area contributed by atoms with Gasteiger partial charge in [0.1, 0.15) is 11.7 Å². The average Bonchev–Trinajstić information content (AvgIpc) is 2.81. The van der Waals surface area contributed by atoms with Gasteiger partial charge in [0.05, 0.1) is 12.0 Å². The number of fused-ring (bicyclic) bond motifs is 3. The van der Waals surface area contributed by atoms with Crippen molar-refractivity contribution in [2.75, 3.05) is 19.7 Å². The van der Waals surface area contributed by atoms with E-state index in [9.17, 15) is 4.79 Å². The second-order valence-electron chi connectivity index (χ2n) is 6.11.